The zero-order chi connectivity index (χ0) is 20.8. The molecule has 0 aliphatic heterocycles. The summed E-state index contributed by atoms with van der Waals surface area (Å²) in [5.41, 5.74) is 1.07. The molecule has 148 valence electrons. The maximum atomic E-state index is 12.9. The van der Waals surface area contributed by atoms with Crippen LogP contribution >= 0.6 is 11.6 Å². The minimum Gasteiger partial charge on any atom is -0.619 e. The highest BCUT2D eigenvalue weighted by Gasteiger charge is 2.26. The van der Waals surface area contributed by atoms with Gasteiger partial charge >= 0.3 is 5.97 Å². The summed E-state index contributed by atoms with van der Waals surface area (Å²) in [6, 6.07) is 16.0. The number of halogens is 1. The number of carbonyl (C=O) groups is 2. The van der Waals surface area contributed by atoms with Gasteiger partial charge in [-0.2, -0.15) is 4.73 Å². The number of nitrogens with one attached hydrogen (secondary N) is 1. The molecule has 0 saturated heterocycles. The molecule has 1 atom stereocenters. The first-order valence-corrected chi connectivity index (χ1v) is 8.95. The van der Waals surface area contributed by atoms with Crippen LogP contribution in [0.4, 0.5) is 5.69 Å². The van der Waals surface area contributed by atoms with E-state index in [-0.39, 0.29) is 5.56 Å². The molecule has 1 heterocycles. The maximum Gasteiger partial charge on any atom is 0.339 e. The van der Waals surface area contributed by atoms with Gasteiger partial charge in [0.15, 0.2) is 12.4 Å². The predicted molar refractivity (Wildman–Crippen MR) is 107 cm³/mol. The van der Waals surface area contributed by atoms with Crippen molar-refractivity contribution in [2.45, 2.75) is 6.10 Å². The second kappa shape index (κ2) is 9.07. The number of esters is 1. The molecule has 29 heavy (non-hydrogen) atoms. The minimum atomic E-state index is -1.20. The van der Waals surface area contributed by atoms with Gasteiger partial charge in [0.05, 0.1) is 17.7 Å². The number of carbonyl (C=O) groups excluding carboxylic acids is 2. The van der Waals surface area contributed by atoms with Crippen LogP contribution in [0.2, 0.25) is 5.02 Å². The molecule has 0 spiro atoms. The third-order valence-corrected chi connectivity index (χ3v) is 4.32. The van der Waals surface area contributed by atoms with Crippen LogP contribution in [0.5, 0.6) is 5.75 Å². The van der Waals surface area contributed by atoms with Gasteiger partial charge in [-0.25, -0.2) is 4.79 Å². The van der Waals surface area contributed by atoms with Crippen molar-refractivity contribution in [3.8, 4) is 5.75 Å². The summed E-state index contributed by atoms with van der Waals surface area (Å²) in [5.74, 6) is -0.821. The molecule has 0 aliphatic carbocycles. The van der Waals surface area contributed by atoms with Gasteiger partial charge < -0.3 is 20.0 Å². The summed E-state index contributed by atoms with van der Waals surface area (Å²) in [5, 5.41) is 14.2. The zero-order valence-corrected chi connectivity index (χ0v) is 16.1. The number of rotatable bonds is 6. The third kappa shape index (κ3) is 5.03. The molecule has 8 heteroatoms. The fourth-order valence-electron chi connectivity index (χ4n) is 2.58. The number of nitrogens with zero attached hydrogens (tertiary/aromatic N) is 1. The average Bonchev–Trinajstić information content (AvgIpc) is 2.73. The number of pyridine rings is 1. The van der Waals surface area contributed by atoms with Gasteiger partial charge in [0.2, 0.25) is 6.10 Å². The van der Waals surface area contributed by atoms with Crippen molar-refractivity contribution in [2.75, 3.05) is 12.4 Å². The number of hydrogen-bond donors (Lipinski definition) is 1. The first-order chi connectivity index (χ1) is 14.0. The van der Waals surface area contributed by atoms with Crippen LogP contribution in [-0.4, -0.2) is 19.0 Å². The Morgan fingerprint density at radius 1 is 1.07 bits per heavy atom. The highest BCUT2D eigenvalue weighted by Crippen LogP contribution is 2.28. The summed E-state index contributed by atoms with van der Waals surface area (Å²) in [6.07, 6.45) is 1.14. The molecule has 7 nitrogen and oxygen atoms in total. The number of hydrogen-bond acceptors (Lipinski definition) is 5. The Kier molecular flexibility index (Phi) is 6.31. The van der Waals surface area contributed by atoms with Crippen LogP contribution in [0.3, 0.4) is 0 Å². The van der Waals surface area contributed by atoms with Crippen molar-refractivity contribution < 1.29 is 23.8 Å². The van der Waals surface area contributed by atoms with E-state index in [0.29, 0.717) is 26.8 Å². The summed E-state index contributed by atoms with van der Waals surface area (Å²) >= 11 is 6.10. The van der Waals surface area contributed by atoms with Crippen LogP contribution in [0.1, 0.15) is 22.0 Å². The Balaban J connectivity index is 1.83. The smallest absolute Gasteiger partial charge is 0.339 e. The highest BCUT2D eigenvalue weighted by molar-refractivity contribution is 6.32. The minimum absolute atomic E-state index is 0.151. The van der Waals surface area contributed by atoms with Crippen molar-refractivity contribution in [1.82, 2.24) is 0 Å². The van der Waals surface area contributed by atoms with Gasteiger partial charge in [-0.15, -0.1) is 0 Å². The lowest BCUT2D eigenvalue weighted by molar-refractivity contribution is -0.605. The number of benzene rings is 2. The van der Waals surface area contributed by atoms with Crippen LogP contribution < -0.4 is 14.8 Å². The standard InChI is InChI=1S/C21H17ClN2O5/c1-28-18-8-7-16(13-17(18)22)23-20(25)19(14-5-3-2-4-6-14)29-21(26)15-9-11-24(27)12-10-15/h2-13,19H,1H3,(H,23,25)/t19-/m1/s1. The van der Waals surface area contributed by atoms with Gasteiger partial charge in [0.25, 0.3) is 5.91 Å². The van der Waals surface area contributed by atoms with E-state index in [0.717, 1.165) is 0 Å². The molecule has 0 aliphatic rings. The molecule has 0 radical (unpaired) electrons. The lowest BCUT2D eigenvalue weighted by Crippen LogP contribution is -2.27. The van der Waals surface area contributed by atoms with E-state index in [2.05, 4.69) is 5.32 Å². The van der Waals surface area contributed by atoms with Crippen molar-refractivity contribution in [3.05, 3.63) is 94.4 Å². The summed E-state index contributed by atoms with van der Waals surface area (Å²) < 4.78 is 11.1. The lowest BCUT2D eigenvalue weighted by atomic mass is 10.1. The topological polar surface area (TPSA) is 91.6 Å². The zero-order valence-electron chi connectivity index (χ0n) is 15.4. The molecule has 0 fully saturated rings. The van der Waals surface area contributed by atoms with Gasteiger partial charge in [-0.3, -0.25) is 4.79 Å². The van der Waals surface area contributed by atoms with Crippen LogP contribution in [0.25, 0.3) is 0 Å². The van der Waals surface area contributed by atoms with Gasteiger partial charge in [0.1, 0.15) is 5.75 Å². The van der Waals surface area contributed by atoms with Crippen molar-refractivity contribution in [1.29, 1.82) is 0 Å². The van der Waals surface area contributed by atoms with Crippen molar-refractivity contribution >= 4 is 29.2 Å². The normalized spacial score (nSPS) is 11.4. The van der Waals surface area contributed by atoms with Crippen molar-refractivity contribution in [3.63, 3.8) is 0 Å². The van der Waals surface area contributed by atoms with E-state index in [1.54, 1.807) is 42.5 Å². The first-order valence-electron chi connectivity index (χ1n) is 8.57. The van der Waals surface area contributed by atoms with Gasteiger partial charge in [0, 0.05) is 23.4 Å². The number of ether oxygens (including phenoxy) is 2. The number of aromatic nitrogens is 1. The van der Waals surface area contributed by atoms with E-state index in [4.69, 9.17) is 21.1 Å². The maximum absolute atomic E-state index is 12.9. The Morgan fingerprint density at radius 3 is 2.38 bits per heavy atom. The van der Waals surface area contributed by atoms with Crippen LogP contribution in [0.15, 0.2) is 73.1 Å². The van der Waals surface area contributed by atoms with E-state index in [1.165, 1.54) is 37.7 Å². The summed E-state index contributed by atoms with van der Waals surface area (Å²) in [4.78, 5) is 25.4. The largest absolute Gasteiger partial charge is 0.619 e. The quantitative estimate of drug-likeness (QED) is 0.380. The van der Waals surface area contributed by atoms with Crippen LogP contribution in [-0.2, 0) is 9.53 Å². The Morgan fingerprint density at radius 2 is 1.76 bits per heavy atom. The molecule has 0 unspecified atom stereocenters. The van der Waals surface area contributed by atoms with Gasteiger partial charge in [-0.1, -0.05) is 41.9 Å². The van der Waals surface area contributed by atoms with Crippen LogP contribution in [0, 0.1) is 5.21 Å². The molecule has 0 saturated carbocycles. The first kappa shape index (κ1) is 20.2. The van der Waals surface area contributed by atoms with E-state index in [9.17, 15) is 14.8 Å². The van der Waals surface area contributed by atoms with Crippen molar-refractivity contribution in [2.24, 2.45) is 0 Å². The highest BCUT2D eigenvalue weighted by atomic mass is 35.5. The Bertz CT molecular complexity index is 1010. The molecule has 1 aromatic heterocycles. The molecule has 2 aromatic carbocycles. The molecule has 3 rings (SSSR count). The number of anilines is 1. The molecule has 0 bridgehead atoms. The predicted octanol–water partition coefficient (Wildman–Crippen LogP) is 3.52. The molecule has 1 N–H and O–H groups in total. The fourth-order valence-corrected chi connectivity index (χ4v) is 2.83. The van der Waals surface area contributed by atoms with E-state index in [1.807, 2.05) is 0 Å². The van der Waals surface area contributed by atoms with Gasteiger partial charge in [-0.05, 0) is 18.2 Å². The summed E-state index contributed by atoms with van der Waals surface area (Å²) in [7, 11) is 1.49. The number of amides is 1. The Labute approximate surface area is 172 Å². The van der Waals surface area contributed by atoms with E-state index < -0.39 is 18.0 Å². The van der Waals surface area contributed by atoms with E-state index >= 15 is 0 Å². The lowest BCUT2D eigenvalue weighted by Gasteiger charge is -2.18. The average molecular weight is 413 g/mol. The Hall–Kier alpha value is -3.58. The molecular formula is C21H17ClN2O5. The molecular weight excluding hydrogens is 396 g/mol. The second-order valence-electron chi connectivity index (χ2n) is 5.98. The fraction of sp³-hybridized carbons (Fsp3) is 0.0952. The molecule has 3 aromatic rings. The monoisotopic (exact) mass is 412 g/mol. The third-order valence-electron chi connectivity index (χ3n) is 4.02. The SMILES string of the molecule is COc1ccc(NC(=O)[C@H](OC(=O)c2cc[n+]([O-])cc2)c2ccccc2)cc1Cl. The summed E-state index contributed by atoms with van der Waals surface area (Å²) in [6.45, 7) is 0. The second-order valence-corrected chi connectivity index (χ2v) is 6.39. The molecule has 1 amide bonds. The number of methoxy groups -OCH3 is 1.